The van der Waals surface area contributed by atoms with Crippen LogP contribution in [0.5, 0.6) is 11.5 Å². The number of benzene rings is 2. The zero-order valence-electron chi connectivity index (χ0n) is 21.7. The topological polar surface area (TPSA) is 65.4 Å². The molecular formula is C28H29F4N3O3. The summed E-state index contributed by atoms with van der Waals surface area (Å²) < 4.78 is 66.0. The molecule has 0 fully saturated rings. The molecule has 1 aromatic heterocycles. The summed E-state index contributed by atoms with van der Waals surface area (Å²) in [6, 6.07) is 7.74. The summed E-state index contributed by atoms with van der Waals surface area (Å²) in [6.45, 7) is 7.04. The largest absolute Gasteiger partial charge is 0.496 e. The van der Waals surface area contributed by atoms with Gasteiger partial charge in [-0.1, -0.05) is 6.92 Å². The van der Waals surface area contributed by atoms with Gasteiger partial charge in [0.1, 0.15) is 23.4 Å². The first-order valence-corrected chi connectivity index (χ1v) is 12.1. The lowest BCUT2D eigenvalue weighted by atomic mass is 9.97. The highest BCUT2D eigenvalue weighted by molar-refractivity contribution is 5.84. The van der Waals surface area contributed by atoms with Gasteiger partial charge in [-0.05, 0) is 79.9 Å². The Balaban J connectivity index is 1.69. The number of carbonyl (C=O) groups excluding carboxylic acids is 1. The number of alkyl halides is 3. The molecule has 6 nitrogen and oxygen atoms in total. The number of amides is 1. The molecule has 0 saturated heterocycles. The minimum Gasteiger partial charge on any atom is -0.496 e. The zero-order valence-corrected chi connectivity index (χ0v) is 21.7. The van der Waals surface area contributed by atoms with Gasteiger partial charge < -0.3 is 14.8 Å². The minimum atomic E-state index is -5.03. The van der Waals surface area contributed by atoms with Gasteiger partial charge in [0, 0.05) is 23.4 Å². The maximum absolute atomic E-state index is 13.7. The number of nitrogens with zero attached hydrogens (tertiary/aromatic N) is 2. The van der Waals surface area contributed by atoms with Crippen molar-refractivity contribution in [2.24, 2.45) is 5.92 Å². The van der Waals surface area contributed by atoms with E-state index in [0.29, 0.717) is 17.1 Å². The summed E-state index contributed by atoms with van der Waals surface area (Å²) in [5.74, 6) is -1.25. The Labute approximate surface area is 217 Å². The summed E-state index contributed by atoms with van der Waals surface area (Å²) in [5.41, 5.74) is 3.77. The minimum absolute atomic E-state index is 0.0666. The van der Waals surface area contributed by atoms with Crippen LogP contribution in [-0.4, -0.2) is 35.0 Å². The molecule has 10 heteroatoms. The molecule has 0 radical (unpaired) electrons. The van der Waals surface area contributed by atoms with Crippen LogP contribution in [0, 0.1) is 19.8 Å². The van der Waals surface area contributed by atoms with Crippen LogP contribution in [0.1, 0.15) is 43.1 Å². The van der Waals surface area contributed by atoms with E-state index in [2.05, 4.69) is 5.10 Å². The molecule has 1 unspecified atom stereocenters. The number of methoxy groups -OCH3 is 1. The van der Waals surface area contributed by atoms with Crippen molar-refractivity contribution in [1.82, 2.24) is 15.1 Å². The SMILES string of the molecule is COc1c(C)cc([C@@H](Oc2ccc3c(cnn3C3=CC=C(F)CC3C)c2)[C@H](C)NC(=O)C(F)(F)F)cc1C. The first-order valence-electron chi connectivity index (χ1n) is 12.1. The molecule has 1 N–H and O–H groups in total. The van der Waals surface area contributed by atoms with Crippen LogP contribution in [0.15, 0.2) is 54.5 Å². The summed E-state index contributed by atoms with van der Waals surface area (Å²) >= 11 is 0. The number of halogens is 4. The second-order valence-electron chi connectivity index (χ2n) is 9.57. The number of nitrogens with one attached hydrogen (secondary N) is 1. The standard InChI is InChI=1S/C28H29F4N3O3/c1-15-12-21(29)6-8-23(15)35-24-9-7-22(13-20(24)14-33-35)38-26(18(4)34-27(36)28(30,31)32)19-10-16(2)25(37-5)17(3)11-19/h6-11,13-15,18,26H,12H2,1-5H3,(H,34,36)/t15?,18-,26-/m0/s1. The van der Waals surface area contributed by atoms with E-state index in [-0.39, 0.29) is 18.2 Å². The predicted molar refractivity (Wildman–Crippen MR) is 136 cm³/mol. The van der Waals surface area contributed by atoms with Crippen molar-refractivity contribution in [3.63, 3.8) is 0 Å². The average molecular weight is 532 g/mol. The lowest BCUT2D eigenvalue weighted by Gasteiger charge is -2.28. The fourth-order valence-corrected chi connectivity index (χ4v) is 4.81. The third kappa shape index (κ3) is 5.54. The van der Waals surface area contributed by atoms with Crippen molar-refractivity contribution in [2.45, 2.75) is 52.4 Å². The van der Waals surface area contributed by atoms with E-state index in [9.17, 15) is 22.4 Å². The summed E-state index contributed by atoms with van der Waals surface area (Å²) in [6.07, 6.45) is -0.892. The highest BCUT2D eigenvalue weighted by Gasteiger charge is 2.40. The first kappa shape index (κ1) is 27.2. The summed E-state index contributed by atoms with van der Waals surface area (Å²) in [5, 5.41) is 7.22. The molecule has 0 bridgehead atoms. The van der Waals surface area contributed by atoms with Crippen molar-refractivity contribution in [2.75, 3.05) is 7.11 Å². The number of aryl methyl sites for hydroxylation is 2. The highest BCUT2D eigenvalue weighted by Crippen LogP contribution is 2.35. The molecule has 2 aromatic carbocycles. The Hall–Kier alpha value is -3.82. The van der Waals surface area contributed by atoms with E-state index in [1.807, 2.05) is 26.1 Å². The monoisotopic (exact) mass is 531 g/mol. The van der Waals surface area contributed by atoms with Gasteiger partial charge in [-0.15, -0.1) is 0 Å². The van der Waals surface area contributed by atoms with E-state index in [0.717, 1.165) is 27.7 Å². The van der Waals surface area contributed by atoms with Crippen LogP contribution in [0.4, 0.5) is 17.6 Å². The third-order valence-electron chi connectivity index (χ3n) is 6.57. The van der Waals surface area contributed by atoms with Gasteiger partial charge in [-0.3, -0.25) is 4.79 Å². The Kier molecular flexibility index (Phi) is 7.53. The van der Waals surface area contributed by atoms with Crippen molar-refractivity contribution in [3.05, 3.63) is 71.2 Å². The second-order valence-corrected chi connectivity index (χ2v) is 9.57. The number of carbonyl (C=O) groups is 1. The maximum atomic E-state index is 13.7. The van der Waals surface area contributed by atoms with Gasteiger partial charge >= 0.3 is 12.1 Å². The quantitative estimate of drug-likeness (QED) is 0.350. The molecule has 1 amide bonds. The Morgan fingerprint density at radius 2 is 1.84 bits per heavy atom. The number of rotatable bonds is 7. The van der Waals surface area contributed by atoms with Crippen LogP contribution in [0.3, 0.4) is 0 Å². The number of allylic oxidation sites excluding steroid dienone is 4. The molecule has 1 heterocycles. The van der Waals surface area contributed by atoms with Crippen LogP contribution < -0.4 is 14.8 Å². The molecule has 38 heavy (non-hydrogen) atoms. The second kappa shape index (κ2) is 10.5. The molecule has 0 spiro atoms. The van der Waals surface area contributed by atoms with Gasteiger partial charge in [0.25, 0.3) is 0 Å². The lowest BCUT2D eigenvalue weighted by Crippen LogP contribution is -2.45. The molecular weight excluding hydrogens is 502 g/mol. The van der Waals surface area contributed by atoms with Gasteiger partial charge in [-0.2, -0.15) is 18.3 Å². The molecule has 3 atom stereocenters. The van der Waals surface area contributed by atoms with E-state index in [4.69, 9.17) is 9.47 Å². The number of hydrogen-bond acceptors (Lipinski definition) is 4. The van der Waals surface area contributed by atoms with Crippen molar-refractivity contribution < 1.29 is 31.8 Å². The fourth-order valence-electron chi connectivity index (χ4n) is 4.81. The van der Waals surface area contributed by atoms with Crippen LogP contribution in [-0.2, 0) is 4.79 Å². The lowest BCUT2D eigenvalue weighted by molar-refractivity contribution is -0.174. The fraction of sp³-hybridized carbons (Fsp3) is 0.357. The number of hydrogen-bond donors (Lipinski definition) is 1. The van der Waals surface area contributed by atoms with Gasteiger partial charge in [0.05, 0.1) is 24.9 Å². The Morgan fingerprint density at radius 3 is 2.45 bits per heavy atom. The van der Waals surface area contributed by atoms with Crippen molar-refractivity contribution >= 4 is 22.5 Å². The van der Waals surface area contributed by atoms with E-state index in [1.54, 1.807) is 54.4 Å². The van der Waals surface area contributed by atoms with E-state index >= 15 is 0 Å². The van der Waals surface area contributed by atoms with Crippen LogP contribution in [0.25, 0.3) is 16.6 Å². The van der Waals surface area contributed by atoms with Crippen LogP contribution in [0.2, 0.25) is 0 Å². The molecule has 4 rings (SSSR count). The molecule has 3 aromatic rings. The van der Waals surface area contributed by atoms with Crippen LogP contribution >= 0.6 is 0 Å². The smallest absolute Gasteiger partial charge is 0.471 e. The number of ether oxygens (including phenoxy) is 2. The Bertz CT molecular complexity index is 1400. The first-order chi connectivity index (χ1) is 17.9. The summed E-state index contributed by atoms with van der Waals surface area (Å²) in [4.78, 5) is 11.7. The van der Waals surface area contributed by atoms with Gasteiger partial charge in [0.2, 0.25) is 0 Å². The predicted octanol–water partition coefficient (Wildman–Crippen LogP) is 6.58. The molecule has 202 valence electrons. The highest BCUT2D eigenvalue weighted by atomic mass is 19.4. The Morgan fingerprint density at radius 1 is 1.16 bits per heavy atom. The molecule has 1 aliphatic carbocycles. The third-order valence-corrected chi connectivity index (χ3v) is 6.57. The van der Waals surface area contributed by atoms with Crippen molar-refractivity contribution in [3.8, 4) is 11.5 Å². The van der Waals surface area contributed by atoms with Crippen molar-refractivity contribution in [1.29, 1.82) is 0 Å². The maximum Gasteiger partial charge on any atom is 0.471 e. The molecule has 1 aliphatic rings. The van der Waals surface area contributed by atoms with Gasteiger partial charge in [-0.25, -0.2) is 9.07 Å². The normalized spacial score (nSPS) is 17.4. The molecule has 0 aliphatic heterocycles. The zero-order chi connectivity index (χ0) is 27.8. The van der Waals surface area contributed by atoms with E-state index in [1.165, 1.54) is 13.0 Å². The van der Waals surface area contributed by atoms with Gasteiger partial charge in [0.15, 0.2) is 0 Å². The summed E-state index contributed by atoms with van der Waals surface area (Å²) in [7, 11) is 1.54. The average Bonchev–Trinajstić information content (AvgIpc) is 3.24. The number of aromatic nitrogens is 2. The molecule has 0 saturated carbocycles. The number of fused-ring (bicyclic) bond motifs is 1. The van der Waals surface area contributed by atoms with E-state index < -0.39 is 24.2 Å².